The van der Waals surface area contributed by atoms with Gasteiger partial charge in [-0.25, -0.2) is 0 Å². The smallest absolute Gasteiger partial charge is 0.229 e. The third kappa shape index (κ3) is 6.07. The number of nitrogens with zero attached hydrogens (tertiary/aromatic N) is 4. The Morgan fingerprint density at radius 2 is 1.70 bits per heavy atom. The number of hydrogen-bond acceptors (Lipinski definition) is 6. The maximum absolute atomic E-state index is 12.8. The van der Waals surface area contributed by atoms with Gasteiger partial charge in [0.15, 0.2) is 5.11 Å². The predicted molar refractivity (Wildman–Crippen MR) is 187 cm³/mol. The van der Waals surface area contributed by atoms with Crippen LogP contribution in [0.1, 0.15) is 55.5 Å². The SMILES string of the molecule is COc1cc(N2C(=S)NC(c3ccccn3)C2c2cc(C)n(-c3ccc(N4CCOCC4)cc3)c2C)ccc1NC(=O)C(C)(C)C. The number of hydrogen-bond donors (Lipinski definition) is 2. The van der Waals surface area contributed by atoms with Crippen LogP contribution in [0.3, 0.4) is 0 Å². The number of methoxy groups -OCH3 is 1. The van der Waals surface area contributed by atoms with Gasteiger partial charge in [0.25, 0.3) is 0 Å². The van der Waals surface area contributed by atoms with Crippen LogP contribution in [0.5, 0.6) is 5.75 Å². The highest BCUT2D eigenvalue weighted by atomic mass is 32.1. The first kappa shape index (κ1) is 31.6. The molecule has 0 radical (unpaired) electrons. The minimum absolute atomic E-state index is 0.0876. The number of amides is 1. The first-order chi connectivity index (χ1) is 22.1. The van der Waals surface area contributed by atoms with Crippen LogP contribution < -0.4 is 25.2 Å². The predicted octanol–water partition coefficient (Wildman–Crippen LogP) is 6.50. The molecule has 0 aliphatic carbocycles. The molecule has 240 valence electrons. The molecule has 9 nitrogen and oxygen atoms in total. The van der Waals surface area contributed by atoms with Gasteiger partial charge < -0.3 is 34.5 Å². The molecular weight excluding hydrogens is 597 g/mol. The van der Waals surface area contributed by atoms with Crippen LogP contribution in [0.25, 0.3) is 5.69 Å². The van der Waals surface area contributed by atoms with Crippen LogP contribution in [0.15, 0.2) is 72.9 Å². The number of benzene rings is 2. The number of morpholine rings is 1. The van der Waals surface area contributed by atoms with Gasteiger partial charge in [-0.05, 0) is 86.2 Å². The van der Waals surface area contributed by atoms with Crippen molar-refractivity contribution in [3.8, 4) is 11.4 Å². The van der Waals surface area contributed by atoms with Crippen LogP contribution in [0.2, 0.25) is 0 Å². The first-order valence-corrected chi connectivity index (χ1v) is 16.1. The zero-order valence-electron chi connectivity index (χ0n) is 27.3. The second-order valence-corrected chi connectivity index (χ2v) is 13.2. The Morgan fingerprint density at radius 1 is 1.00 bits per heavy atom. The van der Waals surface area contributed by atoms with Gasteiger partial charge in [0.2, 0.25) is 5.91 Å². The van der Waals surface area contributed by atoms with Crippen molar-refractivity contribution < 1.29 is 14.3 Å². The van der Waals surface area contributed by atoms with E-state index in [0.29, 0.717) is 16.5 Å². The molecule has 4 heterocycles. The highest BCUT2D eigenvalue weighted by Crippen LogP contribution is 2.45. The molecule has 2 aromatic carbocycles. The van der Waals surface area contributed by atoms with Crippen molar-refractivity contribution in [3.63, 3.8) is 0 Å². The van der Waals surface area contributed by atoms with E-state index < -0.39 is 5.41 Å². The molecule has 0 bridgehead atoms. The third-order valence-corrected chi connectivity index (χ3v) is 9.08. The Morgan fingerprint density at radius 3 is 2.35 bits per heavy atom. The second kappa shape index (κ2) is 12.8. The Kier molecular flexibility index (Phi) is 8.76. The Labute approximate surface area is 276 Å². The summed E-state index contributed by atoms with van der Waals surface area (Å²) in [4.78, 5) is 22.0. The summed E-state index contributed by atoms with van der Waals surface area (Å²) in [6.07, 6.45) is 1.81. The van der Waals surface area contributed by atoms with E-state index >= 15 is 0 Å². The Balaban J connectivity index is 1.40. The maximum atomic E-state index is 12.8. The number of carbonyl (C=O) groups excluding carboxylic acids is 1. The van der Waals surface area contributed by atoms with E-state index in [1.807, 2.05) is 63.4 Å². The molecule has 2 aliphatic rings. The van der Waals surface area contributed by atoms with Gasteiger partial charge in [0.1, 0.15) is 5.75 Å². The summed E-state index contributed by atoms with van der Waals surface area (Å²) in [6, 6.07) is 22.4. The lowest BCUT2D eigenvalue weighted by Crippen LogP contribution is -2.36. The summed E-state index contributed by atoms with van der Waals surface area (Å²) >= 11 is 6.02. The van der Waals surface area contributed by atoms with E-state index in [1.54, 1.807) is 7.11 Å². The Bertz CT molecular complexity index is 1730. The van der Waals surface area contributed by atoms with E-state index in [4.69, 9.17) is 26.7 Å². The molecule has 2 aromatic heterocycles. The number of pyridine rings is 1. The topological polar surface area (TPSA) is 83.9 Å². The molecule has 46 heavy (non-hydrogen) atoms. The molecule has 2 atom stereocenters. The van der Waals surface area contributed by atoms with Crippen LogP contribution in [0, 0.1) is 19.3 Å². The lowest BCUT2D eigenvalue weighted by Gasteiger charge is -2.29. The molecular formula is C36H42N6O3S. The third-order valence-electron chi connectivity index (χ3n) is 8.76. The average Bonchev–Trinajstić information content (AvgIpc) is 3.56. The molecule has 0 saturated carbocycles. The maximum Gasteiger partial charge on any atom is 0.229 e. The van der Waals surface area contributed by atoms with Gasteiger partial charge in [0, 0.05) is 59.2 Å². The van der Waals surface area contributed by atoms with Crippen LogP contribution in [0.4, 0.5) is 17.1 Å². The van der Waals surface area contributed by atoms with Crippen molar-refractivity contribution in [1.29, 1.82) is 0 Å². The lowest BCUT2D eigenvalue weighted by molar-refractivity contribution is -0.123. The van der Waals surface area contributed by atoms with Gasteiger partial charge in [0.05, 0.1) is 43.8 Å². The quantitative estimate of drug-likeness (QED) is 0.222. The van der Waals surface area contributed by atoms with Crippen molar-refractivity contribution >= 4 is 40.3 Å². The van der Waals surface area contributed by atoms with E-state index in [1.165, 1.54) is 5.69 Å². The van der Waals surface area contributed by atoms with Crippen LogP contribution in [-0.2, 0) is 9.53 Å². The minimum atomic E-state index is -0.545. The molecule has 4 aromatic rings. The number of aromatic nitrogens is 2. The summed E-state index contributed by atoms with van der Waals surface area (Å²) < 4.78 is 13.6. The summed E-state index contributed by atoms with van der Waals surface area (Å²) in [5.41, 5.74) is 7.52. The average molecular weight is 639 g/mol. The van der Waals surface area contributed by atoms with Crippen molar-refractivity contribution in [2.45, 2.75) is 46.7 Å². The number of anilines is 3. The second-order valence-electron chi connectivity index (χ2n) is 12.9. The molecule has 0 spiro atoms. The summed E-state index contributed by atoms with van der Waals surface area (Å²) in [5.74, 6) is 0.471. The summed E-state index contributed by atoms with van der Waals surface area (Å²) in [7, 11) is 1.61. The van der Waals surface area contributed by atoms with Crippen molar-refractivity contribution in [2.24, 2.45) is 5.41 Å². The largest absolute Gasteiger partial charge is 0.494 e. The zero-order valence-corrected chi connectivity index (χ0v) is 28.1. The zero-order chi connectivity index (χ0) is 32.6. The Hall–Kier alpha value is -4.41. The monoisotopic (exact) mass is 638 g/mol. The van der Waals surface area contributed by atoms with Gasteiger partial charge >= 0.3 is 0 Å². The summed E-state index contributed by atoms with van der Waals surface area (Å²) in [5, 5.41) is 7.18. The van der Waals surface area contributed by atoms with Gasteiger partial charge in [-0.2, -0.15) is 0 Å². The van der Waals surface area contributed by atoms with Crippen molar-refractivity contribution in [2.75, 3.05) is 48.5 Å². The molecule has 10 heteroatoms. The fourth-order valence-electron chi connectivity index (χ4n) is 6.31. The van der Waals surface area contributed by atoms with E-state index in [-0.39, 0.29) is 18.0 Å². The fraction of sp³-hybridized carbons (Fsp3) is 0.361. The molecule has 2 aliphatic heterocycles. The number of aryl methyl sites for hydroxylation is 1. The molecule has 2 fully saturated rings. The van der Waals surface area contributed by atoms with Gasteiger partial charge in [-0.3, -0.25) is 9.78 Å². The van der Waals surface area contributed by atoms with E-state index in [9.17, 15) is 4.79 Å². The minimum Gasteiger partial charge on any atom is -0.494 e. The molecule has 2 unspecified atom stereocenters. The molecule has 2 N–H and O–H groups in total. The normalized spacial score (nSPS) is 18.4. The number of rotatable bonds is 7. The summed E-state index contributed by atoms with van der Waals surface area (Å²) in [6.45, 7) is 13.3. The number of thiocarbonyl (C=S) groups is 1. The molecule has 2 saturated heterocycles. The number of nitrogens with one attached hydrogen (secondary N) is 2. The number of ether oxygens (including phenoxy) is 2. The van der Waals surface area contributed by atoms with Crippen molar-refractivity contribution in [3.05, 3.63) is 95.6 Å². The van der Waals surface area contributed by atoms with Gasteiger partial charge in [-0.15, -0.1) is 0 Å². The van der Waals surface area contributed by atoms with Crippen LogP contribution >= 0.6 is 12.2 Å². The highest BCUT2D eigenvalue weighted by Gasteiger charge is 2.42. The fourth-order valence-corrected chi connectivity index (χ4v) is 6.66. The number of carbonyl (C=O) groups is 1. The highest BCUT2D eigenvalue weighted by molar-refractivity contribution is 7.80. The molecule has 6 rings (SSSR count). The molecule has 1 amide bonds. The van der Waals surface area contributed by atoms with Crippen molar-refractivity contribution in [1.82, 2.24) is 14.9 Å². The standard InChI is InChI=1S/C36H42N6O3S/c1-23-21-28(24(2)41(23)26-12-10-25(11-13-26)40-17-19-45-20-18-40)33-32(30-9-7-8-16-37-30)39-35(46)42(33)27-14-15-29(31(22-27)44-6)38-34(43)36(3,4)5/h7-16,21-22,32-33H,17-20H2,1-6H3,(H,38,43)(H,39,46). The first-order valence-electron chi connectivity index (χ1n) is 15.7. The van der Waals surface area contributed by atoms with E-state index in [2.05, 4.69) is 69.2 Å². The van der Waals surface area contributed by atoms with Crippen LogP contribution in [-0.4, -0.2) is 54.0 Å². The lowest BCUT2D eigenvalue weighted by atomic mass is 9.95. The van der Waals surface area contributed by atoms with Gasteiger partial charge in [-0.1, -0.05) is 26.8 Å². The van der Waals surface area contributed by atoms with E-state index in [0.717, 1.165) is 60.3 Å².